The first kappa shape index (κ1) is 22.6. The molecule has 0 atom stereocenters. The molecule has 1 saturated carbocycles. The van der Waals surface area contributed by atoms with Gasteiger partial charge in [-0.05, 0) is 50.1 Å². The lowest BCUT2D eigenvalue weighted by Crippen LogP contribution is -2.25. The molecule has 1 fully saturated rings. The topological polar surface area (TPSA) is 128 Å². The van der Waals surface area contributed by atoms with Crippen LogP contribution in [0.5, 0.6) is 5.75 Å². The smallest absolute Gasteiger partial charge is 0.387 e. The molecule has 0 bridgehead atoms. The molecule has 1 aliphatic carbocycles. The Morgan fingerprint density at radius 3 is 2.58 bits per heavy atom. The highest BCUT2D eigenvalue weighted by Crippen LogP contribution is 2.29. The van der Waals surface area contributed by atoms with Gasteiger partial charge < -0.3 is 21.1 Å². The van der Waals surface area contributed by atoms with Crippen molar-refractivity contribution < 1.29 is 18.4 Å². The molecule has 2 aromatic rings. The average Bonchev–Trinajstić information content (AvgIpc) is 2.77. The fourth-order valence-electron chi connectivity index (χ4n) is 3.67. The lowest BCUT2D eigenvalue weighted by molar-refractivity contribution is -0.384. The summed E-state index contributed by atoms with van der Waals surface area (Å²) in [7, 11) is 0. The number of hydrogen-bond donors (Lipinski definition) is 3. The van der Waals surface area contributed by atoms with Crippen LogP contribution in [0.2, 0.25) is 0 Å². The molecular formula is C20H26F2N6O3. The van der Waals surface area contributed by atoms with E-state index >= 15 is 0 Å². The number of nitrogens with one attached hydrogen (secondary N) is 2. The summed E-state index contributed by atoms with van der Waals surface area (Å²) in [6.45, 7) is -1.56. The van der Waals surface area contributed by atoms with Gasteiger partial charge in [0.05, 0.1) is 4.92 Å². The van der Waals surface area contributed by atoms with E-state index in [0.717, 1.165) is 31.9 Å². The van der Waals surface area contributed by atoms with Crippen molar-refractivity contribution >= 4 is 17.5 Å². The van der Waals surface area contributed by atoms with Gasteiger partial charge in [-0.25, -0.2) is 4.98 Å². The van der Waals surface area contributed by atoms with Gasteiger partial charge in [-0.3, -0.25) is 10.1 Å². The van der Waals surface area contributed by atoms with Gasteiger partial charge in [0.1, 0.15) is 11.9 Å². The summed E-state index contributed by atoms with van der Waals surface area (Å²) in [5.41, 5.74) is 5.99. The van der Waals surface area contributed by atoms with Gasteiger partial charge in [0.2, 0.25) is 11.8 Å². The van der Waals surface area contributed by atoms with E-state index < -0.39 is 11.5 Å². The predicted molar refractivity (Wildman–Crippen MR) is 112 cm³/mol. The number of nitrogens with two attached hydrogens (primary N) is 1. The van der Waals surface area contributed by atoms with Crippen LogP contribution >= 0.6 is 0 Å². The number of anilines is 2. The highest BCUT2D eigenvalue weighted by molar-refractivity contribution is 5.57. The Balaban J connectivity index is 1.65. The minimum Gasteiger partial charge on any atom is -0.434 e. The number of alkyl halides is 2. The molecule has 0 saturated heterocycles. The summed E-state index contributed by atoms with van der Waals surface area (Å²) in [6, 6.07) is 6.35. The Hall–Kier alpha value is -3.08. The molecular weight excluding hydrogens is 410 g/mol. The van der Waals surface area contributed by atoms with E-state index in [-0.39, 0.29) is 29.7 Å². The monoisotopic (exact) mass is 436 g/mol. The molecule has 0 aliphatic heterocycles. The Morgan fingerprint density at radius 2 is 1.90 bits per heavy atom. The second kappa shape index (κ2) is 10.8. The first-order valence-corrected chi connectivity index (χ1v) is 10.2. The number of ether oxygens (including phenoxy) is 1. The van der Waals surface area contributed by atoms with Gasteiger partial charge in [0.15, 0.2) is 0 Å². The van der Waals surface area contributed by atoms with Crippen molar-refractivity contribution in [3.05, 3.63) is 46.1 Å². The first-order chi connectivity index (χ1) is 15.0. The summed E-state index contributed by atoms with van der Waals surface area (Å²) in [5, 5.41) is 17.4. The van der Waals surface area contributed by atoms with Crippen LogP contribution in [-0.4, -0.2) is 34.6 Å². The second-order valence-corrected chi connectivity index (χ2v) is 7.53. The van der Waals surface area contributed by atoms with E-state index in [1.165, 1.54) is 6.07 Å². The summed E-state index contributed by atoms with van der Waals surface area (Å²) in [6.07, 6.45) is 5.27. The number of halogens is 2. The van der Waals surface area contributed by atoms with E-state index in [0.29, 0.717) is 30.5 Å². The minimum absolute atomic E-state index is 0.0401. The Kier molecular flexibility index (Phi) is 7.88. The van der Waals surface area contributed by atoms with Crippen LogP contribution < -0.4 is 21.1 Å². The molecule has 1 heterocycles. The minimum atomic E-state index is -2.94. The number of aromatic nitrogens is 2. The largest absolute Gasteiger partial charge is 0.434 e. The van der Waals surface area contributed by atoms with Gasteiger partial charge in [-0.1, -0.05) is 18.2 Å². The predicted octanol–water partition coefficient (Wildman–Crippen LogP) is 3.78. The van der Waals surface area contributed by atoms with E-state index in [9.17, 15) is 18.9 Å². The lowest BCUT2D eigenvalue weighted by atomic mass is 9.82. The lowest BCUT2D eigenvalue weighted by Gasteiger charge is -2.27. The molecule has 4 N–H and O–H groups in total. The quantitative estimate of drug-likeness (QED) is 0.379. The maximum Gasteiger partial charge on any atom is 0.387 e. The van der Waals surface area contributed by atoms with Gasteiger partial charge in [-0.15, -0.1) is 0 Å². The first-order valence-electron chi connectivity index (χ1n) is 10.2. The molecule has 3 rings (SSSR count). The third-order valence-electron chi connectivity index (χ3n) is 5.45. The molecule has 11 heteroatoms. The van der Waals surface area contributed by atoms with Crippen molar-refractivity contribution in [3.63, 3.8) is 0 Å². The van der Waals surface area contributed by atoms with Crippen molar-refractivity contribution in [1.82, 2.24) is 9.97 Å². The molecule has 0 unspecified atom stereocenters. The van der Waals surface area contributed by atoms with Crippen molar-refractivity contribution in [1.29, 1.82) is 0 Å². The summed E-state index contributed by atoms with van der Waals surface area (Å²) in [5.74, 6) is 1.26. The Labute approximate surface area is 178 Å². The fourth-order valence-corrected chi connectivity index (χ4v) is 3.67. The van der Waals surface area contributed by atoms with Gasteiger partial charge in [0, 0.05) is 18.7 Å². The van der Waals surface area contributed by atoms with Crippen LogP contribution in [0.1, 0.15) is 31.2 Å². The van der Waals surface area contributed by atoms with E-state index in [4.69, 9.17) is 5.73 Å². The molecule has 0 amide bonds. The van der Waals surface area contributed by atoms with Crippen LogP contribution in [0, 0.1) is 22.0 Å². The van der Waals surface area contributed by atoms with Gasteiger partial charge in [-0.2, -0.15) is 13.8 Å². The second-order valence-electron chi connectivity index (χ2n) is 7.53. The maximum absolute atomic E-state index is 12.6. The Bertz CT molecular complexity index is 878. The van der Waals surface area contributed by atoms with Crippen LogP contribution in [-0.2, 0) is 6.54 Å². The van der Waals surface area contributed by atoms with Crippen LogP contribution in [0.25, 0.3) is 0 Å². The van der Waals surface area contributed by atoms with E-state index in [1.54, 1.807) is 18.2 Å². The number of benzene rings is 1. The fraction of sp³-hybridized carbons (Fsp3) is 0.500. The van der Waals surface area contributed by atoms with E-state index in [2.05, 4.69) is 25.3 Å². The molecule has 0 radical (unpaired) electrons. The van der Waals surface area contributed by atoms with Crippen molar-refractivity contribution in [2.24, 2.45) is 17.6 Å². The summed E-state index contributed by atoms with van der Waals surface area (Å²) >= 11 is 0. The normalized spacial score (nSPS) is 18.6. The number of rotatable bonds is 10. The summed E-state index contributed by atoms with van der Waals surface area (Å²) in [4.78, 5) is 19.0. The molecule has 1 aliphatic rings. The van der Waals surface area contributed by atoms with Gasteiger partial charge in [0.25, 0.3) is 0 Å². The maximum atomic E-state index is 12.6. The van der Waals surface area contributed by atoms with Crippen molar-refractivity contribution in [2.75, 3.05) is 23.7 Å². The molecule has 9 nitrogen and oxygen atoms in total. The molecule has 1 aromatic heterocycles. The van der Waals surface area contributed by atoms with Gasteiger partial charge >= 0.3 is 12.3 Å². The number of nitrogens with zero attached hydrogens (tertiary/aromatic N) is 3. The zero-order valence-electron chi connectivity index (χ0n) is 17.0. The highest BCUT2D eigenvalue weighted by atomic mass is 19.3. The molecule has 31 heavy (non-hydrogen) atoms. The zero-order valence-corrected chi connectivity index (χ0v) is 17.0. The summed E-state index contributed by atoms with van der Waals surface area (Å²) < 4.78 is 29.6. The van der Waals surface area contributed by atoms with Crippen LogP contribution in [0.15, 0.2) is 30.5 Å². The molecule has 168 valence electrons. The average molecular weight is 436 g/mol. The third kappa shape index (κ3) is 6.45. The van der Waals surface area contributed by atoms with E-state index in [1.807, 2.05) is 0 Å². The number of para-hydroxylation sites is 1. The molecule has 0 spiro atoms. The standard InChI is InChI=1S/C20H26F2N6O3/c21-19(22)31-17-4-2-1-3-15(17)11-25-20-26-12-16(28(29)30)18(27-20)24-10-14-7-5-13(9-23)6-8-14/h1-4,12-14,19H,5-11,23H2,(H2,24,25,26,27). The van der Waals surface area contributed by atoms with Crippen molar-refractivity contribution in [2.45, 2.75) is 38.8 Å². The van der Waals surface area contributed by atoms with Crippen molar-refractivity contribution in [3.8, 4) is 5.75 Å². The zero-order chi connectivity index (χ0) is 22.2. The third-order valence-corrected chi connectivity index (χ3v) is 5.45. The Morgan fingerprint density at radius 1 is 1.19 bits per heavy atom. The van der Waals surface area contributed by atoms with Crippen LogP contribution in [0.3, 0.4) is 0 Å². The highest BCUT2D eigenvalue weighted by Gasteiger charge is 2.22. The number of hydrogen-bond acceptors (Lipinski definition) is 8. The molecule has 1 aromatic carbocycles. The number of nitro groups is 1. The SMILES string of the molecule is NCC1CCC(CNc2nc(NCc3ccccc3OC(F)F)ncc2[N+](=O)[O-])CC1. The van der Waals surface area contributed by atoms with Crippen LogP contribution in [0.4, 0.5) is 26.2 Å².